The Morgan fingerprint density at radius 2 is 2.15 bits per heavy atom. The topological polar surface area (TPSA) is 88.0 Å². The predicted molar refractivity (Wildman–Crippen MR) is 109 cm³/mol. The van der Waals surface area contributed by atoms with E-state index in [1.807, 2.05) is 13.0 Å². The number of ether oxygens (including phenoxy) is 2. The van der Waals surface area contributed by atoms with E-state index in [1.54, 1.807) is 18.4 Å². The molecule has 0 unspecified atom stereocenters. The lowest BCUT2D eigenvalue weighted by molar-refractivity contribution is 0.295. The summed E-state index contributed by atoms with van der Waals surface area (Å²) < 4.78 is 12.6. The third-order valence-electron chi connectivity index (χ3n) is 3.23. The van der Waals surface area contributed by atoms with E-state index >= 15 is 0 Å². The van der Waals surface area contributed by atoms with Gasteiger partial charge < -0.3 is 14.5 Å². The highest BCUT2D eigenvalue weighted by atomic mass is 79.9. The van der Waals surface area contributed by atoms with Crippen LogP contribution in [-0.4, -0.2) is 29.4 Å². The van der Waals surface area contributed by atoms with Crippen molar-refractivity contribution in [2.75, 3.05) is 19.5 Å². The monoisotopic (exact) mass is 499 g/mol. The number of aromatic nitrogens is 2. The number of hydrogen-bond donors (Lipinski definition) is 1. The average Bonchev–Trinajstić information content (AvgIpc) is 2.63. The molecule has 0 spiro atoms. The smallest absolute Gasteiger partial charge is 0.270 e. The second-order valence-electron chi connectivity index (χ2n) is 4.82. The summed E-state index contributed by atoms with van der Waals surface area (Å²) in [5.41, 5.74) is 0.251. The molecule has 0 saturated carbocycles. The summed E-state index contributed by atoms with van der Waals surface area (Å²) in [6, 6.07) is 3.62. The number of H-pyrrole nitrogens is 1. The Balaban J connectivity index is 2.79. The molecule has 0 aliphatic carbocycles. The van der Waals surface area contributed by atoms with Crippen molar-refractivity contribution >= 4 is 43.6 Å². The minimum Gasteiger partial charge on any atom is -0.490 e. The Morgan fingerprint density at radius 1 is 1.42 bits per heavy atom. The van der Waals surface area contributed by atoms with Gasteiger partial charge >= 0.3 is 0 Å². The van der Waals surface area contributed by atoms with Gasteiger partial charge in [0.1, 0.15) is 18.2 Å². The minimum atomic E-state index is -0.491. The van der Waals surface area contributed by atoms with Crippen molar-refractivity contribution in [2.45, 2.75) is 12.1 Å². The SMILES string of the molecule is C=CCOc1c(OCC)cc(-c2nc(SC)[nH]c(=O)c2C#N)c(Br)c1Br. The van der Waals surface area contributed by atoms with Crippen LogP contribution >= 0.6 is 43.6 Å². The second-order valence-corrected chi connectivity index (χ2v) is 7.20. The van der Waals surface area contributed by atoms with Crippen molar-refractivity contribution in [3.63, 3.8) is 0 Å². The number of benzene rings is 1. The molecule has 0 aliphatic heterocycles. The Labute approximate surface area is 171 Å². The van der Waals surface area contributed by atoms with E-state index in [0.29, 0.717) is 44.4 Å². The van der Waals surface area contributed by atoms with Gasteiger partial charge in [-0.15, -0.1) is 0 Å². The molecule has 1 N–H and O–H groups in total. The fourth-order valence-corrected chi connectivity index (χ4v) is 3.53. The van der Waals surface area contributed by atoms with Crippen LogP contribution in [0.1, 0.15) is 12.5 Å². The molecule has 0 bridgehead atoms. The molecule has 2 rings (SSSR count). The van der Waals surface area contributed by atoms with Gasteiger partial charge in [0, 0.05) is 10.0 Å². The zero-order valence-electron chi connectivity index (χ0n) is 14.1. The fraction of sp³-hybridized carbons (Fsp3) is 0.235. The van der Waals surface area contributed by atoms with Crippen LogP contribution in [0.25, 0.3) is 11.3 Å². The predicted octanol–water partition coefficient (Wildman–Crippen LogP) is 4.52. The van der Waals surface area contributed by atoms with Gasteiger partial charge in [0.15, 0.2) is 16.7 Å². The first-order valence-corrected chi connectivity index (χ1v) is 10.3. The van der Waals surface area contributed by atoms with Crippen LogP contribution in [0.5, 0.6) is 11.5 Å². The van der Waals surface area contributed by atoms with Crippen molar-refractivity contribution < 1.29 is 9.47 Å². The van der Waals surface area contributed by atoms with Crippen molar-refractivity contribution in [3.8, 4) is 28.8 Å². The number of nitrogens with one attached hydrogen (secondary N) is 1. The molecular formula is C17H15Br2N3O3S. The van der Waals surface area contributed by atoms with Crippen LogP contribution < -0.4 is 15.0 Å². The standard InChI is InChI=1S/C17H15Br2N3O3S/c1-4-6-25-15-11(24-5-2)7-9(12(18)13(15)19)14-10(8-20)16(23)22-17(21-14)26-3/h4,7H,1,5-6H2,2-3H3,(H,21,22,23). The zero-order valence-corrected chi connectivity index (χ0v) is 18.0. The number of hydrogen-bond acceptors (Lipinski definition) is 6. The Bertz CT molecular complexity index is 938. The molecule has 26 heavy (non-hydrogen) atoms. The van der Waals surface area contributed by atoms with Crippen molar-refractivity contribution in [3.05, 3.63) is 43.6 Å². The van der Waals surface area contributed by atoms with E-state index < -0.39 is 5.56 Å². The molecule has 2 aromatic rings. The number of thioether (sulfide) groups is 1. The van der Waals surface area contributed by atoms with E-state index in [2.05, 4.69) is 48.4 Å². The van der Waals surface area contributed by atoms with E-state index in [-0.39, 0.29) is 11.3 Å². The molecule has 1 aromatic heterocycles. The van der Waals surface area contributed by atoms with Crippen LogP contribution in [0.15, 0.2) is 37.6 Å². The van der Waals surface area contributed by atoms with Gasteiger partial charge in [0.05, 0.1) is 16.8 Å². The number of aromatic amines is 1. The van der Waals surface area contributed by atoms with Crippen molar-refractivity contribution in [1.82, 2.24) is 9.97 Å². The molecule has 1 aromatic carbocycles. The lowest BCUT2D eigenvalue weighted by atomic mass is 10.1. The third kappa shape index (κ3) is 4.14. The molecule has 0 fully saturated rings. The molecule has 0 saturated heterocycles. The van der Waals surface area contributed by atoms with E-state index in [1.165, 1.54) is 11.8 Å². The van der Waals surface area contributed by atoms with Gasteiger partial charge in [0.2, 0.25) is 0 Å². The first-order chi connectivity index (χ1) is 12.5. The van der Waals surface area contributed by atoms with E-state index in [0.717, 1.165) is 0 Å². The van der Waals surface area contributed by atoms with Gasteiger partial charge in [-0.3, -0.25) is 4.79 Å². The maximum Gasteiger partial charge on any atom is 0.270 e. The van der Waals surface area contributed by atoms with Crippen LogP contribution in [0, 0.1) is 11.3 Å². The Hall–Kier alpha value is -1.76. The number of nitrogens with zero attached hydrogens (tertiary/aromatic N) is 2. The summed E-state index contributed by atoms with van der Waals surface area (Å²) in [5, 5.41) is 9.83. The molecule has 9 heteroatoms. The maximum absolute atomic E-state index is 12.2. The second kappa shape index (κ2) is 9.26. The molecule has 0 atom stereocenters. The van der Waals surface area contributed by atoms with Gasteiger partial charge in [-0.25, -0.2) is 4.98 Å². The lowest BCUT2D eigenvalue weighted by Crippen LogP contribution is -2.15. The highest BCUT2D eigenvalue weighted by molar-refractivity contribution is 9.13. The number of halogens is 2. The Morgan fingerprint density at radius 3 is 2.73 bits per heavy atom. The van der Waals surface area contributed by atoms with Crippen LogP contribution in [0.4, 0.5) is 0 Å². The number of nitriles is 1. The van der Waals surface area contributed by atoms with Gasteiger partial charge in [-0.1, -0.05) is 24.4 Å². The molecule has 136 valence electrons. The highest BCUT2D eigenvalue weighted by Crippen LogP contribution is 2.46. The van der Waals surface area contributed by atoms with Gasteiger partial charge in [-0.2, -0.15) is 5.26 Å². The fourth-order valence-electron chi connectivity index (χ4n) is 2.15. The zero-order chi connectivity index (χ0) is 19.3. The highest BCUT2D eigenvalue weighted by Gasteiger charge is 2.22. The van der Waals surface area contributed by atoms with Crippen molar-refractivity contribution in [1.29, 1.82) is 5.26 Å². The quantitative estimate of drug-likeness (QED) is 0.341. The van der Waals surface area contributed by atoms with E-state index in [4.69, 9.17) is 9.47 Å². The van der Waals surface area contributed by atoms with Crippen LogP contribution in [0.2, 0.25) is 0 Å². The first kappa shape index (κ1) is 20.6. The molecule has 0 amide bonds. The Kier molecular flexibility index (Phi) is 7.32. The molecule has 0 aliphatic rings. The number of rotatable bonds is 7. The molecule has 0 radical (unpaired) electrons. The van der Waals surface area contributed by atoms with Crippen LogP contribution in [-0.2, 0) is 0 Å². The summed E-state index contributed by atoms with van der Waals surface area (Å²) in [7, 11) is 0. The molecular weight excluding hydrogens is 486 g/mol. The summed E-state index contributed by atoms with van der Waals surface area (Å²) >= 11 is 8.27. The lowest BCUT2D eigenvalue weighted by Gasteiger charge is -2.17. The minimum absolute atomic E-state index is 0.0717. The summed E-state index contributed by atoms with van der Waals surface area (Å²) in [6.45, 7) is 6.21. The van der Waals surface area contributed by atoms with Gasteiger partial charge in [-0.05, 0) is 51.1 Å². The summed E-state index contributed by atoms with van der Waals surface area (Å²) in [5.74, 6) is 0.965. The van der Waals surface area contributed by atoms with Crippen LogP contribution in [0.3, 0.4) is 0 Å². The maximum atomic E-state index is 12.2. The third-order valence-corrected chi connectivity index (χ3v) is 5.92. The molecule has 6 nitrogen and oxygen atoms in total. The van der Waals surface area contributed by atoms with E-state index in [9.17, 15) is 10.1 Å². The molecule has 1 heterocycles. The summed E-state index contributed by atoms with van der Waals surface area (Å²) in [4.78, 5) is 19.2. The average molecular weight is 501 g/mol. The van der Waals surface area contributed by atoms with Crippen molar-refractivity contribution in [2.24, 2.45) is 0 Å². The normalized spacial score (nSPS) is 10.3. The first-order valence-electron chi connectivity index (χ1n) is 7.45. The summed E-state index contributed by atoms with van der Waals surface area (Å²) in [6.07, 6.45) is 3.41. The largest absolute Gasteiger partial charge is 0.490 e. The van der Waals surface area contributed by atoms with Gasteiger partial charge in [0.25, 0.3) is 5.56 Å².